The highest BCUT2D eigenvalue weighted by atomic mass is 32.2. The molecular formula is C9H8FN3S2. The van der Waals surface area contributed by atoms with Crippen molar-refractivity contribution in [2.75, 3.05) is 0 Å². The molecule has 78 valence electrons. The Bertz CT molecular complexity index is 445. The normalized spacial score (nSPS) is 10.5. The van der Waals surface area contributed by atoms with Gasteiger partial charge in [0.2, 0.25) is 0 Å². The summed E-state index contributed by atoms with van der Waals surface area (Å²) in [6, 6.07) is 4.90. The smallest absolute Gasteiger partial charge is 0.174 e. The molecule has 2 rings (SSSR count). The summed E-state index contributed by atoms with van der Waals surface area (Å²) in [6.07, 6.45) is 1.48. The molecule has 2 N–H and O–H groups in total. The lowest BCUT2D eigenvalue weighted by atomic mass is 10.2. The summed E-state index contributed by atoms with van der Waals surface area (Å²) >= 11 is 2.67. The number of hydrogen-bond acceptors (Lipinski definition) is 5. The van der Waals surface area contributed by atoms with E-state index in [1.54, 1.807) is 6.07 Å². The van der Waals surface area contributed by atoms with E-state index in [9.17, 15) is 4.39 Å². The molecule has 0 saturated heterocycles. The number of halogens is 1. The lowest BCUT2D eigenvalue weighted by Gasteiger charge is -2.05. The van der Waals surface area contributed by atoms with Crippen LogP contribution in [0.4, 0.5) is 4.39 Å². The van der Waals surface area contributed by atoms with Gasteiger partial charge in [0.1, 0.15) is 12.1 Å². The summed E-state index contributed by atoms with van der Waals surface area (Å²) < 4.78 is 18.0. The van der Waals surface area contributed by atoms with Gasteiger partial charge in [-0.1, -0.05) is 17.8 Å². The zero-order valence-electron chi connectivity index (χ0n) is 7.68. The highest BCUT2D eigenvalue weighted by molar-refractivity contribution is 8.01. The average molecular weight is 241 g/mol. The Morgan fingerprint density at radius 1 is 1.47 bits per heavy atom. The average Bonchev–Trinajstić information content (AvgIpc) is 2.71. The predicted molar refractivity (Wildman–Crippen MR) is 58.3 cm³/mol. The molecule has 0 aliphatic carbocycles. The van der Waals surface area contributed by atoms with Gasteiger partial charge in [-0.15, -0.1) is 0 Å². The zero-order chi connectivity index (χ0) is 10.7. The van der Waals surface area contributed by atoms with Crippen LogP contribution in [0.2, 0.25) is 0 Å². The molecule has 1 aromatic heterocycles. The number of aromatic nitrogens is 2. The van der Waals surface area contributed by atoms with Crippen LogP contribution < -0.4 is 5.73 Å². The van der Waals surface area contributed by atoms with Crippen LogP contribution in [0, 0.1) is 5.82 Å². The van der Waals surface area contributed by atoms with E-state index in [2.05, 4.69) is 9.36 Å². The number of rotatable bonds is 3. The van der Waals surface area contributed by atoms with Gasteiger partial charge in [0.25, 0.3) is 0 Å². The van der Waals surface area contributed by atoms with Gasteiger partial charge in [-0.2, -0.15) is 4.37 Å². The molecule has 1 aromatic carbocycles. The Morgan fingerprint density at radius 2 is 2.33 bits per heavy atom. The van der Waals surface area contributed by atoms with Gasteiger partial charge in [0, 0.05) is 17.0 Å². The predicted octanol–water partition coefficient (Wildman–Crippen LogP) is 2.29. The molecule has 0 atom stereocenters. The lowest BCUT2D eigenvalue weighted by Crippen LogP contribution is -2.01. The van der Waals surface area contributed by atoms with Gasteiger partial charge < -0.3 is 5.73 Å². The van der Waals surface area contributed by atoms with E-state index in [0.29, 0.717) is 5.56 Å². The second-order valence-corrected chi connectivity index (χ2v) is 4.80. The number of nitrogens with zero attached hydrogens (tertiary/aromatic N) is 2. The van der Waals surface area contributed by atoms with E-state index in [-0.39, 0.29) is 12.4 Å². The molecule has 15 heavy (non-hydrogen) atoms. The van der Waals surface area contributed by atoms with Crippen LogP contribution in [0.1, 0.15) is 5.56 Å². The van der Waals surface area contributed by atoms with Crippen molar-refractivity contribution in [3.8, 4) is 0 Å². The minimum atomic E-state index is -0.271. The summed E-state index contributed by atoms with van der Waals surface area (Å²) in [5.41, 5.74) is 6.02. The topological polar surface area (TPSA) is 51.8 Å². The minimum Gasteiger partial charge on any atom is -0.326 e. The van der Waals surface area contributed by atoms with E-state index >= 15 is 0 Å². The first-order valence-electron chi connectivity index (χ1n) is 4.23. The maximum atomic E-state index is 13.4. The van der Waals surface area contributed by atoms with Gasteiger partial charge >= 0.3 is 0 Å². The van der Waals surface area contributed by atoms with Gasteiger partial charge in [0.05, 0.1) is 0 Å². The molecule has 0 radical (unpaired) electrons. The summed E-state index contributed by atoms with van der Waals surface area (Å²) in [5, 5.41) is 0. The molecule has 0 aliphatic rings. The maximum Gasteiger partial charge on any atom is 0.174 e. The third-order valence-corrected chi connectivity index (χ3v) is 3.64. The van der Waals surface area contributed by atoms with Gasteiger partial charge in [0.15, 0.2) is 4.34 Å². The summed E-state index contributed by atoms with van der Waals surface area (Å²) in [6.45, 7) is 0.188. The van der Waals surface area contributed by atoms with Gasteiger partial charge in [-0.3, -0.25) is 0 Å². The highest BCUT2D eigenvalue weighted by Gasteiger charge is 2.09. The van der Waals surface area contributed by atoms with E-state index < -0.39 is 0 Å². The van der Waals surface area contributed by atoms with E-state index in [4.69, 9.17) is 5.73 Å². The molecule has 0 bridgehead atoms. The standard InChI is InChI=1S/C9H8FN3S2/c10-7-2-1-3-8(6(7)4-11)14-9-12-5-13-15-9/h1-3,5H,4,11H2. The van der Waals surface area contributed by atoms with E-state index in [1.165, 1.54) is 35.7 Å². The Morgan fingerprint density at radius 3 is 3.00 bits per heavy atom. The molecule has 6 heteroatoms. The van der Waals surface area contributed by atoms with Crippen LogP contribution in [-0.2, 0) is 6.54 Å². The van der Waals surface area contributed by atoms with Crippen molar-refractivity contribution < 1.29 is 4.39 Å². The van der Waals surface area contributed by atoms with E-state index in [0.717, 1.165) is 9.24 Å². The minimum absolute atomic E-state index is 0.188. The fourth-order valence-corrected chi connectivity index (χ4v) is 2.70. The Kier molecular flexibility index (Phi) is 3.30. The first-order valence-corrected chi connectivity index (χ1v) is 5.82. The maximum absolute atomic E-state index is 13.4. The van der Waals surface area contributed by atoms with Crippen LogP contribution in [0.3, 0.4) is 0 Å². The fourth-order valence-electron chi connectivity index (χ4n) is 1.13. The zero-order valence-corrected chi connectivity index (χ0v) is 9.32. The fraction of sp³-hybridized carbons (Fsp3) is 0.111. The molecule has 0 aliphatic heterocycles. The molecule has 0 spiro atoms. The van der Waals surface area contributed by atoms with Crippen LogP contribution in [0.15, 0.2) is 33.8 Å². The SMILES string of the molecule is NCc1c(F)cccc1Sc1ncns1. The van der Waals surface area contributed by atoms with Crippen LogP contribution >= 0.6 is 23.3 Å². The Labute approximate surface area is 94.7 Å². The quantitative estimate of drug-likeness (QED) is 0.895. The van der Waals surface area contributed by atoms with Crippen molar-refractivity contribution in [2.45, 2.75) is 15.8 Å². The first-order chi connectivity index (χ1) is 7.31. The van der Waals surface area contributed by atoms with E-state index in [1.807, 2.05) is 6.07 Å². The lowest BCUT2D eigenvalue weighted by molar-refractivity contribution is 0.604. The number of hydrogen-bond donors (Lipinski definition) is 1. The largest absolute Gasteiger partial charge is 0.326 e. The molecule has 1 heterocycles. The second kappa shape index (κ2) is 4.69. The highest BCUT2D eigenvalue weighted by Crippen LogP contribution is 2.31. The van der Waals surface area contributed by atoms with Crippen molar-refractivity contribution in [3.63, 3.8) is 0 Å². The van der Waals surface area contributed by atoms with Crippen molar-refractivity contribution in [1.29, 1.82) is 0 Å². The number of benzene rings is 1. The second-order valence-electron chi connectivity index (χ2n) is 2.73. The molecular weight excluding hydrogens is 233 g/mol. The van der Waals surface area contributed by atoms with Crippen molar-refractivity contribution in [1.82, 2.24) is 9.36 Å². The summed E-state index contributed by atoms with van der Waals surface area (Å²) in [7, 11) is 0. The number of nitrogens with two attached hydrogens (primary N) is 1. The molecule has 0 unspecified atom stereocenters. The van der Waals surface area contributed by atoms with Crippen molar-refractivity contribution in [2.24, 2.45) is 5.73 Å². The third kappa shape index (κ3) is 2.34. The molecule has 3 nitrogen and oxygen atoms in total. The molecule has 0 saturated carbocycles. The monoisotopic (exact) mass is 241 g/mol. The van der Waals surface area contributed by atoms with Crippen LogP contribution in [0.25, 0.3) is 0 Å². The summed E-state index contributed by atoms with van der Waals surface area (Å²) in [4.78, 5) is 4.82. The van der Waals surface area contributed by atoms with Crippen LogP contribution in [0.5, 0.6) is 0 Å². The molecule has 0 amide bonds. The Balaban J connectivity index is 2.32. The van der Waals surface area contributed by atoms with Gasteiger partial charge in [-0.25, -0.2) is 9.37 Å². The van der Waals surface area contributed by atoms with Gasteiger partial charge in [-0.05, 0) is 23.7 Å². The Hall–Kier alpha value is -0.980. The third-order valence-electron chi connectivity index (χ3n) is 1.82. The van der Waals surface area contributed by atoms with Crippen LogP contribution in [-0.4, -0.2) is 9.36 Å². The van der Waals surface area contributed by atoms with Crippen molar-refractivity contribution >= 4 is 23.3 Å². The molecule has 2 aromatic rings. The summed E-state index contributed by atoms with van der Waals surface area (Å²) in [5.74, 6) is -0.271. The van der Waals surface area contributed by atoms with Crippen molar-refractivity contribution in [3.05, 3.63) is 35.9 Å². The first kappa shape index (κ1) is 10.5. The molecule has 0 fully saturated rings.